The lowest BCUT2D eigenvalue weighted by Crippen LogP contribution is -2.58. The Hall–Kier alpha value is -0.490. The average Bonchev–Trinajstić information content (AvgIpc) is 2.14. The highest BCUT2D eigenvalue weighted by molar-refractivity contribution is 5.00. The molecule has 0 bridgehead atoms. The molecule has 1 rings (SSSR count). The maximum atomic E-state index is 13.4. The van der Waals surface area contributed by atoms with Gasteiger partial charge in [0.1, 0.15) is 0 Å². The third kappa shape index (κ3) is 2.13. The molecule has 1 aliphatic carbocycles. The SMILES string of the molecule is FC(F)(F)C(F)(C1CCCCC1)C(F)(F)F. The second-order valence-corrected chi connectivity index (χ2v) is 4.04. The monoisotopic (exact) mass is 252 g/mol. The number of hydrogen-bond donors (Lipinski definition) is 0. The van der Waals surface area contributed by atoms with Crippen LogP contribution in [0.1, 0.15) is 32.1 Å². The van der Waals surface area contributed by atoms with Gasteiger partial charge in [-0.15, -0.1) is 0 Å². The van der Waals surface area contributed by atoms with Crippen molar-refractivity contribution >= 4 is 0 Å². The Kier molecular flexibility index (Phi) is 3.45. The van der Waals surface area contributed by atoms with Gasteiger partial charge in [-0.05, 0) is 12.8 Å². The summed E-state index contributed by atoms with van der Waals surface area (Å²) >= 11 is 0. The van der Waals surface area contributed by atoms with Gasteiger partial charge in [-0.25, -0.2) is 4.39 Å². The van der Waals surface area contributed by atoms with Crippen molar-refractivity contribution in [2.24, 2.45) is 5.92 Å². The van der Waals surface area contributed by atoms with Gasteiger partial charge in [0, 0.05) is 5.92 Å². The van der Waals surface area contributed by atoms with Crippen molar-refractivity contribution in [3.63, 3.8) is 0 Å². The van der Waals surface area contributed by atoms with E-state index in [1.807, 2.05) is 0 Å². The van der Waals surface area contributed by atoms with E-state index in [1.165, 1.54) is 0 Å². The largest absolute Gasteiger partial charge is 0.431 e. The number of halogens is 7. The van der Waals surface area contributed by atoms with Crippen molar-refractivity contribution in [2.75, 3.05) is 0 Å². The summed E-state index contributed by atoms with van der Waals surface area (Å²) in [7, 11) is 0. The van der Waals surface area contributed by atoms with E-state index in [9.17, 15) is 30.7 Å². The van der Waals surface area contributed by atoms with E-state index in [0.29, 0.717) is 6.42 Å². The van der Waals surface area contributed by atoms with Crippen molar-refractivity contribution in [1.82, 2.24) is 0 Å². The summed E-state index contributed by atoms with van der Waals surface area (Å²) in [4.78, 5) is 0. The molecule has 0 aromatic rings. The van der Waals surface area contributed by atoms with E-state index in [4.69, 9.17) is 0 Å². The van der Waals surface area contributed by atoms with Crippen molar-refractivity contribution in [3.05, 3.63) is 0 Å². The Morgan fingerprint density at radius 1 is 0.625 bits per heavy atom. The summed E-state index contributed by atoms with van der Waals surface area (Å²) in [6.07, 6.45) is -11.5. The summed E-state index contributed by atoms with van der Waals surface area (Å²) in [6, 6.07) is 0. The molecule has 16 heavy (non-hydrogen) atoms. The fourth-order valence-corrected chi connectivity index (χ4v) is 2.12. The zero-order chi connectivity index (χ0) is 12.6. The third-order valence-electron chi connectivity index (χ3n) is 2.99. The van der Waals surface area contributed by atoms with E-state index in [2.05, 4.69) is 0 Å². The highest BCUT2D eigenvalue weighted by Crippen LogP contribution is 2.54. The fraction of sp³-hybridized carbons (Fsp3) is 1.00. The van der Waals surface area contributed by atoms with Crippen LogP contribution in [0, 0.1) is 5.92 Å². The highest BCUT2D eigenvalue weighted by Gasteiger charge is 2.75. The van der Waals surface area contributed by atoms with Crippen LogP contribution in [-0.2, 0) is 0 Å². The predicted molar refractivity (Wildman–Crippen MR) is 42.5 cm³/mol. The molecule has 0 atom stereocenters. The second-order valence-electron chi connectivity index (χ2n) is 4.04. The van der Waals surface area contributed by atoms with Crippen molar-refractivity contribution in [2.45, 2.75) is 50.1 Å². The minimum Gasteiger partial charge on any atom is -0.223 e. The minimum absolute atomic E-state index is 0.211. The van der Waals surface area contributed by atoms with Crippen LogP contribution in [0.4, 0.5) is 30.7 Å². The lowest BCUT2D eigenvalue weighted by molar-refractivity contribution is -0.360. The number of hydrogen-bond acceptors (Lipinski definition) is 0. The maximum absolute atomic E-state index is 13.4. The quantitative estimate of drug-likeness (QED) is 0.607. The Balaban J connectivity index is 3.04. The molecule has 0 saturated heterocycles. The molecule has 0 amide bonds. The Labute approximate surface area is 87.8 Å². The van der Waals surface area contributed by atoms with Crippen molar-refractivity contribution in [1.29, 1.82) is 0 Å². The topological polar surface area (TPSA) is 0 Å². The number of alkyl halides is 7. The van der Waals surface area contributed by atoms with Crippen LogP contribution in [0.5, 0.6) is 0 Å². The standard InChI is InChI=1S/C9H11F7/c10-7(8(11,12)13,9(14,15)16)6-4-2-1-3-5-6/h6H,1-5H2. The molecule has 0 unspecified atom stereocenters. The van der Waals surface area contributed by atoms with Crippen LogP contribution in [0.15, 0.2) is 0 Å². The normalized spacial score (nSPS) is 21.2. The van der Waals surface area contributed by atoms with Gasteiger partial charge in [0.15, 0.2) is 0 Å². The molecule has 0 spiro atoms. The highest BCUT2D eigenvalue weighted by atomic mass is 19.4. The first-order chi connectivity index (χ1) is 7.11. The Morgan fingerprint density at radius 3 is 1.31 bits per heavy atom. The fourth-order valence-electron chi connectivity index (χ4n) is 2.12. The number of rotatable bonds is 1. The van der Waals surface area contributed by atoms with Crippen LogP contribution in [0.3, 0.4) is 0 Å². The van der Waals surface area contributed by atoms with Crippen LogP contribution >= 0.6 is 0 Å². The molecule has 0 aromatic carbocycles. The molecule has 96 valence electrons. The molecule has 0 radical (unpaired) electrons. The van der Waals surface area contributed by atoms with Gasteiger partial charge in [-0.1, -0.05) is 19.3 Å². The first-order valence-electron chi connectivity index (χ1n) is 4.93. The van der Waals surface area contributed by atoms with Crippen LogP contribution < -0.4 is 0 Å². The summed E-state index contributed by atoms with van der Waals surface area (Å²) < 4.78 is 87.2. The van der Waals surface area contributed by atoms with Gasteiger partial charge < -0.3 is 0 Å². The van der Waals surface area contributed by atoms with Crippen LogP contribution in [0.2, 0.25) is 0 Å². The molecule has 1 aliphatic rings. The molecule has 7 heteroatoms. The smallest absolute Gasteiger partial charge is 0.223 e. The van der Waals surface area contributed by atoms with Gasteiger partial charge in [0.25, 0.3) is 0 Å². The van der Waals surface area contributed by atoms with Gasteiger partial charge in [0.2, 0.25) is 0 Å². The first kappa shape index (κ1) is 13.6. The molecular weight excluding hydrogens is 241 g/mol. The molecular formula is C9H11F7. The summed E-state index contributed by atoms with van der Waals surface area (Å²) in [5.74, 6) is -2.00. The van der Waals surface area contributed by atoms with E-state index in [0.717, 1.165) is 0 Å². The zero-order valence-electron chi connectivity index (χ0n) is 8.26. The molecule has 0 aromatic heterocycles. The molecule has 1 saturated carbocycles. The van der Waals surface area contributed by atoms with Gasteiger partial charge in [-0.2, -0.15) is 26.3 Å². The van der Waals surface area contributed by atoms with Crippen molar-refractivity contribution in [3.8, 4) is 0 Å². The summed E-state index contributed by atoms with van der Waals surface area (Å²) in [5, 5.41) is 0. The first-order valence-corrected chi connectivity index (χ1v) is 4.93. The third-order valence-corrected chi connectivity index (χ3v) is 2.99. The van der Waals surface area contributed by atoms with Crippen molar-refractivity contribution < 1.29 is 30.7 Å². The Morgan fingerprint density at radius 2 is 1.00 bits per heavy atom. The Bertz CT molecular complexity index is 219. The van der Waals surface area contributed by atoms with E-state index in [-0.39, 0.29) is 25.7 Å². The molecule has 0 heterocycles. The van der Waals surface area contributed by atoms with Crippen LogP contribution in [-0.4, -0.2) is 18.0 Å². The zero-order valence-corrected chi connectivity index (χ0v) is 8.26. The van der Waals surface area contributed by atoms with Gasteiger partial charge in [-0.3, -0.25) is 0 Å². The van der Waals surface area contributed by atoms with Gasteiger partial charge >= 0.3 is 18.0 Å². The second kappa shape index (κ2) is 4.07. The van der Waals surface area contributed by atoms with E-state index >= 15 is 0 Å². The minimum atomic E-state index is -5.90. The van der Waals surface area contributed by atoms with Gasteiger partial charge in [0.05, 0.1) is 0 Å². The lowest BCUT2D eigenvalue weighted by Gasteiger charge is -2.38. The molecule has 0 N–H and O–H groups in total. The van der Waals surface area contributed by atoms with E-state index < -0.39 is 23.9 Å². The maximum Gasteiger partial charge on any atom is 0.431 e. The average molecular weight is 252 g/mol. The summed E-state index contributed by atoms with van der Waals surface area (Å²) in [5.41, 5.74) is -5.06. The van der Waals surface area contributed by atoms with E-state index in [1.54, 1.807) is 0 Å². The molecule has 0 nitrogen and oxygen atoms in total. The summed E-state index contributed by atoms with van der Waals surface area (Å²) in [6.45, 7) is 0. The predicted octanol–water partition coefficient (Wildman–Crippen LogP) is 4.40. The lowest BCUT2D eigenvalue weighted by atomic mass is 9.77. The molecule has 0 aliphatic heterocycles. The molecule has 1 fully saturated rings. The van der Waals surface area contributed by atoms with Crippen LogP contribution in [0.25, 0.3) is 0 Å².